The van der Waals surface area contributed by atoms with Crippen LogP contribution in [-0.4, -0.2) is 43.4 Å². The standard InChI is InChI=1S/C20H23FN2O4/c21-15-3-1-2-13-18(24)10-17(22-19(13)15)20(25)23-16-6-9-27-11-14(16)12-4-7-26-8-5-12/h1-3,10,12,14,16H,4-9,11H2,(H,22,24)(H,23,25)/t14-,16-/m1/s1. The molecule has 4 rings (SSSR count). The van der Waals surface area contributed by atoms with Gasteiger partial charge in [-0.05, 0) is 37.3 Å². The van der Waals surface area contributed by atoms with Crippen molar-refractivity contribution in [1.82, 2.24) is 10.3 Å². The highest BCUT2D eigenvalue weighted by molar-refractivity contribution is 5.95. The first-order valence-electron chi connectivity index (χ1n) is 9.41. The molecule has 1 amide bonds. The van der Waals surface area contributed by atoms with Crippen molar-refractivity contribution < 1.29 is 18.7 Å². The quantitative estimate of drug-likeness (QED) is 0.863. The second-order valence-electron chi connectivity index (χ2n) is 7.27. The van der Waals surface area contributed by atoms with Crippen molar-refractivity contribution in [2.45, 2.75) is 25.3 Å². The summed E-state index contributed by atoms with van der Waals surface area (Å²) in [5, 5.41) is 3.28. The molecule has 2 fully saturated rings. The van der Waals surface area contributed by atoms with Gasteiger partial charge in [-0.3, -0.25) is 9.59 Å². The van der Waals surface area contributed by atoms with Gasteiger partial charge in [-0.15, -0.1) is 0 Å². The van der Waals surface area contributed by atoms with Crippen LogP contribution >= 0.6 is 0 Å². The molecule has 2 aliphatic rings. The minimum atomic E-state index is -0.551. The Kier molecular flexibility index (Phi) is 5.22. The first-order valence-corrected chi connectivity index (χ1v) is 9.41. The predicted octanol–water partition coefficient (Wildman–Crippen LogP) is 2.23. The first kappa shape index (κ1) is 18.1. The van der Waals surface area contributed by atoms with Gasteiger partial charge < -0.3 is 19.8 Å². The third kappa shape index (κ3) is 3.75. The van der Waals surface area contributed by atoms with Gasteiger partial charge in [0.05, 0.1) is 12.1 Å². The molecule has 0 bridgehead atoms. The number of nitrogens with one attached hydrogen (secondary N) is 2. The SMILES string of the molecule is O=C(N[C@@H]1CCOC[C@@H]1C1CCOCC1)c1cc(=O)c2cccc(F)c2[nH]1. The molecule has 2 N–H and O–H groups in total. The van der Waals surface area contributed by atoms with E-state index < -0.39 is 5.82 Å². The second-order valence-corrected chi connectivity index (χ2v) is 7.27. The zero-order valence-corrected chi connectivity index (χ0v) is 15.0. The number of benzene rings is 1. The summed E-state index contributed by atoms with van der Waals surface area (Å²) in [6.45, 7) is 2.67. The van der Waals surface area contributed by atoms with Crippen LogP contribution in [0.5, 0.6) is 0 Å². The lowest BCUT2D eigenvalue weighted by atomic mass is 9.79. The number of carbonyl (C=O) groups is 1. The molecule has 144 valence electrons. The molecule has 0 radical (unpaired) electrons. The Morgan fingerprint density at radius 3 is 2.74 bits per heavy atom. The van der Waals surface area contributed by atoms with Crippen molar-refractivity contribution >= 4 is 16.8 Å². The number of hydrogen-bond donors (Lipinski definition) is 2. The monoisotopic (exact) mass is 374 g/mol. The minimum Gasteiger partial charge on any atom is -0.381 e. The lowest BCUT2D eigenvalue weighted by Gasteiger charge is -2.39. The average molecular weight is 374 g/mol. The van der Waals surface area contributed by atoms with Gasteiger partial charge in [-0.1, -0.05) is 6.07 Å². The summed E-state index contributed by atoms with van der Waals surface area (Å²) in [5.41, 5.74) is -0.237. The van der Waals surface area contributed by atoms with E-state index in [1.54, 1.807) is 6.07 Å². The van der Waals surface area contributed by atoms with Gasteiger partial charge in [0, 0.05) is 43.2 Å². The maximum Gasteiger partial charge on any atom is 0.268 e. The molecule has 2 saturated heterocycles. The zero-order valence-electron chi connectivity index (χ0n) is 15.0. The van der Waals surface area contributed by atoms with Crippen LogP contribution < -0.4 is 10.7 Å². The van der Waals surface area contributed by atoms with Crippen molar-refractivity contribution in [3.8, 4) is 0 Å². The van der Waals surface area contributed by atoms with Gasteiger partial charge in [0.25, 0.3) is 5.91 Å². The number of pyridine rings is 1. The van der Waals surface area contributed by atoms with E-state index in [9.17, 15) is 14.0 Å². The fraction of sp³-hybridized carbons (Fsp3) is 0.500. The summed E-state index contributed by atoms with van der Waals surface area (Å²) in [4.78, 5) is 27.8. The third-order valence-electron chi connectivity index (χ3n) is 5.65. The topological polar surface area (TPSA) is 80.4 Å². The normalized spacial score (nSPS) is 24.0. The summed E-state index contributed by atoms with van der Waals surface area (Å²) in [5.74, 6) is -0.278. The lowest BCUT2D eigenvalue weighted by molar-refractivity contribution is -0.0259. The van der Waals surface area contributed by atoms with Crippen molar-refractivity contribution in [1.29, 1.82) is 0 Å². The number of ether oxygens (including phenoxy) is 2. The van der Waals surface area contributed by atoms with E-state index in [1.165, 1.54) is 18.2 Å². The number of aromatic amines is 1. The van der Waals surface area contributed by atoms with Gasteiger partial charge in [0.1, 0.15) is 11.5 Å². The third-order valence-corrected chi connectivity index (χ3v) is 5.65. The van der Waals surface area contributed by atoms with Gasteiger partial charge in [-0.2, -0.15) is 0 Å². The van der Waals surface area contributed by atoms with Gasteiger partial charge in [-0.25, -0.2) is 4.39 Å². The number of fused-ring (bicyclic) bond motifs is 1. The molecular weight excluding hydrogens is 351 g/mol. The number of aromatic nitrogens is 1. The molecule has 2 aromatic rings. The van der Waals surface area contributed by atoms with Crippen molar-refractivity contribution in [3.63, 3.8) is 0 Å². The number of rotatable bonds is 3. The van der Waals surface area contributed by atoms with Crippen LogP contribution in [0.1, 0.15) is 29.8 Å². The molecule has 1 aromatic heterocycles. The summed E-state index contributed by atoms with van der Waals surface area (Å²) in [7, 11) is 0. The highest BCUT2D eigenvalue weighted by atomic mass is 19.1. The van der Waals surface area contributed by atoms with Gasteiger partial charge >= 0.3 is 0 Å². The maximum absolute atomic E-state index is 14.0. The molecule has 6 nitrogen and oxygen atoms in total. The van der Waals surface area contributed by atoms with Crippen molar-refractivity contribution in [3.05, 3.63) is 46.0 Å². The summed E-state index contributed by atoms with van der Waals surface area (Å²) in [6.07, 6.45) is 2.64. The fourth-order valence-corrected chi connectivity index (χ4v) is 4.15. The van der Waals surface area contributed by atoms with Crippen LogP contribution in [-0.2, 0) is 9.47 Å². The van der Waals surface area contributed by atoms with Crippen LogP contribution in [0.3, 0.4) is 0 Å². The maximum atomic E-state index is 14.0. The fourth-order valence-electron chi connectivity index (χ4n) is 4.15. The number of amides is 1. The Hall–Kier alpha value is -2.25. The van der Waals surface area contributed by atoms with E-state index in [1.807, 2.05) is 0 Å². The number of H-pyrrole nitrogens is 1. The van der Waals surface area contributed by atoms with Crippen molar-refractivity contribution in [2.75, 3.05) is 26.4 Å². The Labute approximate surface area is 156 Å². The number of carbonyl (C=O) groups excluding carboxylic acids is 1. The molecule has 7 heteroatoms. The summed E-state index contributed by atoms with van der Waals surface area (Å²) < 4.78 is 25.1. The van der Waals surface area contributed by atoms with Crippen LogP contribution in [0, 0.1) is 17.7 Å². The highest BCUT2D eigenvalue weighted by Crippen LogP contribution is 2.30. The molecule has 0 saturated carbocycles. The molecule has 1 aromatic carbocycles. The number of halogens is 1. The van der Waals surface area contributed by atoms with Crippen LogP contribution in [0.15, 0.2) is 29.1 Å². The molecule has 2 atom stereocenters. The highest BCUT2D eigenvalue weighted by Gasteiger charge is 2.34. The Balaban J connectivity index is 1.56. The molecule has 0 unspecified atom stereocenters. The Morgan fingerprint density at radius 2 is 1.93 bits per heavy atom. The Bertz CT molecular complexity index is 891. The largest absolute Gasteiger partial charge is 0.381 e. The summed E-state index contributed by atoms with van der Waals surface area (Å²) in [6, 6.07) is 5.49. The molecule has 0 spiro atoms. The predicted molar refractivity (Wildman–Crippen MR) is 98.2 cm³/mol. The van der Waals surface area contributed by atoms with E-state index >= 15 is 0 Å². The average Bonchev–Trinajstić information content (AvgIpc) is 2.70. The Morgan fingerprint density at radius 1 is 1.15 bits per heavy atom. The molecule has 0 aliphatic carbocycles. The van der Waals surface area contributed by atoms with E-state index in [-0.39, 0.29) is 39.9 Å². The zero-order chi connectivity index (χ0) is 18.8. The van der Waals surface area contributed by atoms with E-state index in [0.29, 0.717) is 19.1 Å². The first-order chi connectivity index (χ1) is 13.1. The smallest absolute Gasteiger partial charge is 0.268 e. The second kappa shape index (κ2) is 7.78. The molecule has 2 aliphatic heterocycles. The lowest BCUT2D eigenvalue weighted by Crippen LogP contribution is -2.49. The van der Waals surface area contributed by atoms with Crippen LogP contribution in [0.2, 0.25) is 0 Å². The van der Waals surface area contributed by atoms with Crippen LogP contribution in [0.4, 0.5) is 4.39 Å². The van der Waals surface area contributed by atoms with Crippen molar-refractivity contribution in [2.24, 2.45) is 11.8 Å². The van der Waals surface area contributed by atoms with Crippen LogP contribution in [0.25, 0.3) is 10.9 Å². The minimum absolute atomic E-state index is 0.0332. The number of para-hydroxylation sites is 1. The summed E-state index contributed by atoms with van der Waals surface area (Å²) >= 11 is 0. The van der Waals surface area contributed by atoms with E-state index in [4.69, 9.17) is 9.47 Å². The van der Waals surface area contributed by atoms with Gasteiger partial charge in [0.2, 0.25) is 0 Å². The van der Waals surface area contributed by atoms with E-state index in [0.717, 1.165) is 32.5 Å². The molecular formula is C20H23FN2O4. The number of hydrogen-bond acceptors (Lipinski definition) is 4. The van der Waals surface area contributed by atoms with E-state index in [2.05, 4.69) is 10.3 Å². The van der Waals surface area contributed by atoms with Gasteiger partial charge in [0.15, 0.2) is 5.43 Å². The molecule has 3 heterocycles. The molecule has 27 heavy (non-hydrogen) atoms.